The fourth-order valence-electron chi connectivity index (χ4n) is 3.58. The highest BCUT2D eigenvalue weighted by Crippen LogP contribution is 2.35. The van der Waals surface area contributed by atoms with Gasteiger partial charge in [-0.15, -0.1) is 0 Å². The summed E-state index contributed by atoms with van der Waals surface area (Å²) in [6.07, 6.45) is 16.6. The standard InChI is InChI=1S/C21H23N5O2/c1-21-12-17(13-24-18(21)8-11-23-19(21)27)26-20(28)25-16-4-2-14(3-5-16)15-6-9-22-10-7-15/h2-4,6-13,16,18-19,23,27H,5H2,1H3,(H2,25,26,28). The Morgan fingerprint density at radius 1 is 1.32 bits per heavy atom. The molecule has 4 N–H and O–H groups in total. The van der Waals surface area contributed by atoms with E-state index < -0.39 is 11.6 Å². The summed E-state index contributed by atoms with van der Waals surface area (Å²) in [6, 6.07) is 3.38. The molecule has 0 saturated heterocycles. The van der Waals surface area contributed by atoms with Crippen molar-refractivity contribution in [2.45, 2.75) is 31.7 Å². The molecule has 28 heavy (non-hydrogen) atoms. The van der Waals surface area contributed by atoms with E-state index in [1.165, 1.54) is 0 Å². The van der Waals surface area contributed by atoms with Crippen LogP contribution in [0.2, 0.25) is 0 Å². The number of aromatic nitrogens is 1. The Morgan fingerprint density at radius 3 is 2.89 bits per heavy atom. The molecule has 4 rings (SSSR count). The predicted molar refractivity (Wildman–Crippen MR) is 108 cm³/mol. The van der Waals surface area contributed by atoms with Crippen molar-refractivity contribution in [3.8, 4) is 0 Å². The molecule has 0 bridgehead atoms. The van der Waals surface area contributed by atoms with Crippen molar-refractivity contribution in [2.75, 3.05) is 0 Å². The number of aliphatic hydroxyl groups is 1. The number of amides is 2. The first kappa shape index (κ1) is 18.2. The van der Waals surface area contributed by atoms with Gasteiger partial charge in [0, 0.05) is 18.6 Å². The van der Waals surface area contributed by atoms with Gasteiger partial charge < -0.3 is 21.1 Å². The van der Waals surface area contributed by atoms with Gasteiger partial charge >= 0.3 is 6.03 Å². The van der Waals surface area contributed by atoms with Gasteiger partial charge in [0.1, 0.15) is 6.23 Å². The number of nitrogens with one attached hydrogen (secondary N) is 3. The Labute approximate surface area is 163 Å². The first-order valence-corrected chi connectivity index (χ1v) is 9.28. The number of hydrogen-bond donors (Lipinski definition) is 4. The number of dihydropyridines is 1. The monoisotopic (exact) mass is 377 g/mol. The summed E-state index contributed by atoms with van der Waals surface area (Å²) in [7, 11) is 0. The zero-order valence-corrected chi connectivity index (χ0v) is 15.5. The predicted octanol–water partition coefficient (Wildman–Crippen LogP) is 1.87. The highest BCUT2D eigenvalue weighted by Gasteiger charge is 2.41. The number of aliphatic imine (C=N–C) groups is 1. The van der Waals surface area contributed by atoms with Gasteiger partial charge in [-0.1, -0.05) is 18.2 Å². The Kier molecular flexibility index (Phi) is 4.83. The number of rotatable bonds is 3. The van der Waals surface area contributed by atoms with Crippen molar-refractivity contribution >= 4 is 17.8 Å². The molecule has 7 nitrogen and oxygen atoms in total. The van der Waals surface area contributed by atoms with Crippen LogP contribution in [0.15, 0.2) is 71.8 Å². The number of hydrogen-bond acceptors (Lipinski definition) is 5. The molecular weight excluding hydrogens is 354 g/mol. The van der Waals surface area contributed by atoms with Crippen molar-refractivity contribution in [3.63, 3.8) is 0 Å². The molecule has 3 aliphatic rings. The summed E-state index contributed by atoms with van der Waals surface area (Å²) in [4.78, 5) is 20.9. The van der Waals surface area contributed by atoms with Gasteiger partial charge in [-0.2, -0.15) is 0 Å². The summed E-state index contributed by atoms with van der Waals surface area (Å²) in [5, 5.41) is 18.9. The molecule has 144 valence electrons. The lowest BCUT2D eigenvalue weighted by Gasteiger charge is -2.40. The summed E-state index contributed by atoms with van der Waals surface area (Å²) in [5.74, 6) is 0. The molecule has 1 aromatic rings. The van der Waals surface area contributed by atoms with Crippen LogP contribution in [0.3, 0.4) is 0 Å². The van der Waals surface area contributed by atoms with Crippen molar-refractivity contribution in [1.29, 1.82) is 0 Å². The minimum atomic E-state index is -0.766. The molecule has 4 atom stereocenters. The fourth-order valence-corrected chi connectivity index (χ4v) is 3.58. The Bertz CT molecular complexity index is 903. The number of carbonyl (C=O) groups is 1. The van der Waals surface area contributed by atoms with Gasteiger partial charge in [0.05, 0.1) is 23.2 Å². The number of fused-ring (bicyclic) bond motifs is 1. The van der Waals surface area contributed by atoms with Gasteiger partial charge in [-0.3, -0.25) is 9.98 Å². The van der Waals surface area contributed by atoms with Gasteiger partial charge in [-0.25, -0.2) is 4.79 Å². The molecular formula is C21H23N5O2. The second-order valence-corrected chi connectivity index (χ2v) is 7.31. The van der Waals surface area contributed by atoms with Crippen LogP contribution in [0.5, 0.6) is 0 Å². The summed E-state index contributed by atoms with van der Waals surface area (Å²) < 4.78 is 0. The van der Waals surface area contributed by atoms with Gasteiger partial charge in [0.25, 0.3) is 0 Å². The Hall–Kier alpha value is -3.19. The van der Waals surface area contributed by atoms with Crippen LogP contribution >= 0.6 is 0 Å². The molecule has 1 aliphatic carbocycles. The smallest absolute Gasteiger partial charge is 0.319 e. The molecule has 2 amide bonds. The molecule has 0 saturated carbocycles. The topological polar surface area (TPSA) is 98.6 Å². The van der Waals surface area contributed by atoms with E-state index in [4.69, 9.17) is 0 Å². The maximum atomic E-state index is 12.4. The lowest BCUT2D eigenvalue weighted by molar-refractivity contribution is 0.0365. The second-order valence-electron chi connectivity index (χ2n) is 7.31. The number of aliphatic hydroxyl groups excluding tert-OH is 1. The number of carbonyl (C=O) groups excluding carboxylic acids is 1. The van der Waals surface area contributed by atoms with E-state index in [1.54, 1.807) is 24.8 Å². The molecule has 0 fully saturated rings. The third-order valence-corrected chi connectivity index (χ3v) is 5.29. The number of allylic oxidation sites excluding steroid dienone is 3. The maximum absolute atomic E-state index is 12.4. The van der Waals surface area contributed by atoms with Crippen molar-refractivity contribution in [1.82, 2.24) is 20.9 Å². The first-order chi connectivity index (χ1) is 13.5. The number of pyridine rings is 1. The maximum Gasteiger partial charge on any atom is 0.319 e. The van der Waals surface area contributed by atoms with E-state index in [1.807, 2.05) is 43.4 Å². The summed E-state index contributed by atoms with van der Waals surface area (Å²) in [5.41, 5.74) is 2.18. The third-order valence-electron chi connectivity index (χ3n) is 5.29. The van der Waals surface area contributed by atoms with Crippen LogP contribution in [-0.2, 0) is 0 Å². The van der Waals surface area contributed by atoms with Gasteiger partial charge in [0.2, 0.25) is 0 Å². The normalized spacial score (nSPS) is 30.6. The minimum Gasteiger partial charge on any atom is -0.373 e. The zero-order chi connectivity index (χ0) is 19.6. The lowest BCUT2D eigenvalue weighted by Crippen LogP contribution is -2.51. The molecule has 0 spiro atoms. The molecule has 1 aromatic heterocycles. The first-order valence-electron chi connectivity index (χ1n) is 9.28. The van der Waals surface area contributed by atoms with Crippen LogP contribution in [0.4, 0.5) is 4.79 Å². The largest absolute Gasteiger partial charge is 0.373 e. The SMILES string of the molecule is CC12C=C(NC(=O)NC3C=CC(c4ccncc4)=CC3)C=NC1C=CNC2O. The van der Waals surface area contributed by atoms with Crippen LogP contribution in [-0.4, -0.2) is 40.6 Å². The molecule has 7 heteroatoms. The fraction of sp³-hybridized carbons (Fsp3) is 0.286. The molecule has 0 aromatic carbocycles. The van der Waals surface area contributed by atoms with Crippen LogP contribution in [0, 0.1) is 5.41 Å². The molecule has 3 heterocycles. The average molecular weight is 377 g/mol. The average Bonchev–Trinajstić information content (AvgIpc) is 2.70. The molecule has 4 unspecified atom stereocenters. The van der Waals surface area contributed by atoms with Gasteiger partial charge in [0.15, 0.2) is 0 Å². The van der Waals surface area contributed by atoms with Crippen molar-refractivity contribution < 1.29 is 9.90 Å². The van der Waals surface area contributed by atoms with E-state index in [9.17, 15) is 9.90 Å². The minimum absolute atomic E-state index is 0.0834. The number of nitrogens with zero attached hydrogens (tertiary/aromatic N) is 2. The highest BCUT2D eigenvalue weighted by molar-refractivity contribution is 5.88. The van der Waals surface area contributed by atoms with E-state index >= 15 is 0 Å². The summed E-state index contributed by atoms with van der Waals surface area (Å²) >= 11 is 0. The quantitative estimate of drug-likeness (QED) is 0.646. The number of urea groups is 1. The van der Waals surface area contributed by atoms with Crippen LogP contribution < -0.4 is 16.0 Å². The highest BCUT2D eigenvalue weighted by atomic mass is 16.3. The second kappa shape index (κ2) is 7.44. The summed E-state index contributed by atoms with van der Waals surface area (Å²) in [6.45, 7) is 1.91. The molecule has 2 aliphatic heterocycles. The van der Waals surface area contributed by atoms with E-state index in [-0.39, 0.29) is 18.1 Å². The Morgan fingerprint density at radius 2 is 2.14 bits per heavy atom. The van der Waals surface area contributed by atoms with E-state index in [2.05, 4.69) is 32.0 Å². The van der Waals surface area contributed by atoms with Gasteiger partial charge in [-0.05, 0) is 55.0 Å². The third kappa shape index (κ3) is 3.61. The van der Waals surface area contributed by atoms with Crippen LogP contribution in [0.25, 0.3) is 5.57 Å². The van der Waals surface area contributed by atoms with E-state index in [0.717, 1.165) is 11.1 Å². The Balaban J connectivity index is 1.35. The van der Waals surface area contributed by atoms with Crippen LogP contribution in [0.1, 0.15) is 18.9 Å². The molecule has 0 radical (unpaired) electrons. The van der Waals surface area contributed by atoms with E-state index in [0.29, 0.717) is 12.1 Å². The zero-order valence-electron chi connectivity index (χ0n) is 15.5. The van der Waals surface area contributed by atoms with Crippen molar-refractivity contribution in [3.05, 3.63) is 72.4 Å². The van der Waals surface area contributed by atoms with Crippen molar-refractivity contribution in [2.24, 2.45) is 10.4 Å². The lowest BCUT2D eigenvalue weighted by atomic mass is 9.77.